The van der Waals surface area contributed by atoms with E-state index in [-0.39, 0.29) is 35.4 Å². The van der Waals surface area contributed by atoms with Crippen LogP contribution in [0.2, 0.25) is 0 Å². The number of nitrogens with zero attached hydrogens (tertiary/aromatic N) is 4. The number of hydrogen-bond donors (Lipinski definition) is 0. The van der Waals surface area contributed by atoms with Crippen molar-refractivity contribution >= 4 is 16.7 Å². The number of likely N-dealkylation sites (tertiary alicyclic amines) is 1. The minimum absolute atomic E-state index is 0.0268. The van der Waals surface area contributed by atoms with Gasteiger partial charge in [-0.15, -0.1) is 0 Å². The van der Waals surface area contributed by atoms with Gasteiger partial charge in [0.25, 0.3) is 11.1 Å². The summed E-state index contributed by atoms with van der Waals surface area (Å²) < 4.78 is 3.09. The zero-order chi connectivity index (χ0) is 19.3. The molecule has 1 fully saturated rings. The Hall–Kier alpha value is -3.22. The quantitative estimate of drug-likeness (QED) is 0.674. The topological polar surface area (TPSA) is 77.2 Å². The lowest BCUT2D eigenvalue weighted by atomic mass is 9.83. The first-order valence-corrected chi connectivity index (χ1v) is 9.52. The molecule has 0 unspecified atom stereocenters. The summed E-state index contributed by atoms with van der Waals surface area (Å²) in [5, 5.41) is 5.51. The van der Waals surface area contributed by atoms with Crippen molar-refractivity contribution < 1.29 is 4.79 Å². The summed E-state index contributed by atoms with van der Waals surface area (Å²) in [5.74, 6) is 0.314. The molecule has 7 heteroatoms. The third-order valence-electron chi connectivity index (χ3n) is 5.88. The molecule has 7 nitrogen and oxygen atoms in total. The van der Waals surface area contributed by atoms with Crippen LogP contribution in [-0.4, -0.2) is 38.2 Å². The van der Waals surface area contributed by atoms with Crippen LogP contribution in [0.4, 0.5) is 0 Å². The monoisotopic (exact) mass is 376 g/mol. The molecular formula is C21H20N4O3. The van der Waals surface area contributed by atoms with E-state index in [1.54, 1.807) is 30.5 Å². The number of carbonyl (C=O) groups is 1. The van der Waals surface area contributed by atoms with Crippen LogP contribution in [0.3, 0.4) is 0 Å². The fraction of sp³-hybridized carbons (Fsp3) is 0.333. The summed E-state index contributed by atoms with van der Waals surface area (Å²) >= 11 is 0. The van der Waals surface area contributed by atoms with Crippen LogP contribution >= 0.6 is 0 Å². The smallest absolute Gasteiger partial charge is 0.275 e. The van der Waals surface area contributed by atoms with Gasteiger partial charge in [0.1, 0.15) is 6.54 Å². The minimum Gasteiger partial charge on any atom is -0.340 e. The lowest BCUT2D eigenvalue weighted by Crippen LogP contribution is -2.50. The Morgan fingerprint density at radius 3 is 2.79 bits per heavy atom. The van der Waals surface area contributed by atoms with Gasteiger partial charge in [-0.3, -0.25) is 14.4 Å². The molecule has 0 spiro atoms. The molecule has 2 aromatic heterocycles. The first-order chi connectivity index (χ1) is 13.6. The molecule has 2 aliphatic rings. The van der Waals surface area contributed by atoms with E-state index in [0.29, 0.717) is 25.0 Å². The summed E-state index contributed by atoms with van der Waals surface area (Å²) in [6, 6.07) is 12.6. The van der Waals surface area contributed by atoms with Gasteiger partial charge >= 0.3 is 0 Å². The molecule has 4 heterocycles. The van der Waals surface area contributed by atoms with E-state index in [1.807, 2.05) is 27.7 Å². The van der Waals surface area contributed by atoms with Crippen molar-refractivity contribution in [2.24, 2.45) is 5.92 Å². The van der Waals surface area contributed by atoms with E-state index in [9.17, 15) is 14.4 Å². The summed E-state index contributed by atoms with van der Waals surface area (Å²) in [7, 11) is 0. The van der Waals surface area contributed by atoms with E-state index in [4.69, 9.17) is 0 Å². The van der Waals surface area contributed by atoms with E-state index >= 15 is 0 Å². The standard InChI is InChI=1S/C21H20N4O3/c26-19-7-3-6-18-16-8-14(11-24(18)19)10-23(12-16)20(27)13-25-21(28)17-5-2-1-4-15(17)9-22-25/h1-7,9,14,16H,8,10-13H2/t14-,16+/m0/s1. The SMILES string of the molecule is O=C(Cn1ncc2ccccc2c1=O)N1C[C@@H]2C[C@H](C1)c1cccc(=O)n1C2. The maximum absolute atomic E-state index is 12.9. The van der Waals surface area contributed by atoms with Crippen molar-refractivity contribution in [3.05, 3.63) is 75.1 Å². The normalized spacial score (nSPS) is 20.8. The maximum atomic E-state index is 12.9. The van der Waals surface area contributed by atoms with Gasteiger partial charge in [0.2, 0.25) is 5.91 Å². The lowest BCUT2D eigenvalue weighted by Gasteiger charge is -2.42. The Kier molecular flexibility index (Phi) is 3.89. The van der Waals surface area contributed by atoms with Crippen molar-refractivity contribution in [3.8, 4) is 0 Å². The van der Waals surface area contributed by atoms with Crippen molar-refractivity contribution in [1.29, 1.82) is 0 Å². The van der Waals surface area contributed by atoms with Crippen LogP contribution in [0.1, 0.15) is 18.0 Å². The number of rotatable bonds is 2. The number of piperidine rings is 1. The Morgan fingerprint density at radius 1 is 1.04 bits per heavy atom. The number of carbonyl (C=O) groups excluding carboxylic acids is 1. The van der Waals surface area contributed by atoms with Crippen LogP contribution in [0.25, 0.3) is 10.8 Å². The molecule has 0 saturated carbocycles. The highest BCUT2D eigenvalue weighted by Crippen LogP contribution is 2.34. The predicted molar refractivity (Wildman–Crippen MR) is 104 cm³/mol. The largest absolute Gasteiger partial charge is 0.340 e. The highest BCUT2D eigenvalue weighted by atomic mass is 16.2. The number of aromatic nitrogens is 3. The van der Waals surface area contributed by atoms with Crippen LogP contribution in [-0.2, 0) is 17.9 Å². The number of hydrogen-bond acceptors (Lipinski definition) is 4. The first kappa shape index (κ1) is 16.9. The summed E-state index contributed by atoms with van der Waals surface area (Å²) in [4.78, 5) is 39.5. The van der Waals surface area contributed by atoms with Gasteiger partial charge in [-0.05, 0) is 24.5 Å². The Bertz CT molecular complexity index is 1200. The number of benzene rings is 1. The third-order valence-corrected chi connectivity index (χ3v) is 5.88. The second-order valence-corrected chi connectivity index (χ2v) is 7.69. The maximum Gasteiger partial charge on any atom is 0.275 e. The molecule has 0 radical (unpaired) electrons. The van der Waals surface area contributed by atoms with Crippen molar-refractivity contribution in [1.82, 2.24) is 19.2 Å². The van der Waals surface area contributed by atoms with Gasteiger partial charge < -0.3 is 9.47 Å². The molecule has 1 saturated heterocycles. The van der Waals surface area contributed by atoms with Gasteiger partial charge in [-0.2, -0.15) is 5.10 Å². The van der Waals surface area contributed by atoms with Gasteiger partial charge in [-0.25, -0.2) is 4.68 Å². The van der Waals surface area contributed by atoms with E-state index < -0.39 is 0 Å². The molecule has 3 aromatic rings. The zero-order valence-electron chi connectivity index (χ0n) is 15.3. The Balaban J connectivity index is 1.40. The van der Waals surface area contributed by atoms with E-state index in [2.05, 4.69) is 5.10 Å². The molecule has 2 aliphatic heterocycles. The van der Waals surface area contributed by atoms with Gasteiger partial charge in [0.05, 0.1) is 11.6 Å². The van der Waals surface area contributed by atoms with E-state index in [1.165, 1.54) is 4.68 Å². The average Bonchev–Trinajstić information content (AvgIpc) is 2.71. The van der Waals surface area contributed by atoms with Crippen molar-refractivity contribution in [2.75, 3.05) is 13.1 Å². The van der Waals surface area contributed by atoms with Crippen molar-refractivity contribution in [2.45, 2.75) is 25.4 Å². The molecule has 1 aromatic carbocycles. The van der Waals surface area contributed by atoms with Crippen molar-refractivity contribution in [3.63, 3.8) is 0 Å². The Morgan fingerprint density at radius 2 is 1.89 bits per heavy atom. The highest BCUT2D eigenvalue weighted by molar-refractivity contribution is 5.81. The highest BCUT2D eigenvalue weighted by Gasteiger charge is 2.36. The second kappa shape index (κ2) is 6.44. The first-order valence-electron chi connectivity index (χ1n) is 9.52. The van der Waals surface area contributed by atoms with E-state index in [0.717, 1.165) is 17.5 Å². The lowest BCUT2D eigenvalue weighted by molar-refractivity contribution is -0.134. The summed E-state index contributed by atoms with van der Waals surface area (Å²) in [6.45, 7) is 1.76. The molecule has 1 amide bonds. The molecule has 0 aliphatic carbocycles. The van der Waals surface area contributed by atoms with Crippen LogP contribution in [0.15, 0.2) is 58.3 Å². The molecule has 0 N–H and O–H groups in total. The van der Waals surface area contributed by atoms with Gasteiger partial charge in [0, 0.05) is 42.7 Å². The molecule has 28 heavy (non-hydrogen) atoms. The molecule has 142 valence electrons. The predicted octanol–water partition coefficient (Wildman–Crippen LogP) is 1.20. The summed E-state index contributed by atoms with van der Waals surface area (Å²) in [6.07, 6.45) is 2.61. The van der Waals surface area contributed by atoms with Crippen LogP contribution < -0.4 is 11.1 Å². The van der Waals surface area contributed by atoms with Crippen LogP contribution in [0.5, 0.6) is 0 Å². The van der Waals surface area contributed by atoms with Gasteiger partial charge in [-0.1, -0.05) is 24.3 Å². The molecule has 2 bridgehead atoms. The average molecular weight is 376 g/mol. The second-order valence-electron chi connectivity index (χ2n) is 7.69. The molecule has 2 atom stereocenters. The fourth-order valence-electron chi connectivity index (χ4n) is 4.57. The zero-order valence-corrected chi connectivity index (χ0v) is 15.3. The number of amides is 1. The minimum atomic E-state index is -0.249. The van der Waals surface area contributed by atoms with Crippen LogP contribution in [0, 0.1) is 5.92 Å². The summed E-state index contributed by atoms with van der Waals surface area (Å²) in [5.41, 5.74) is 0.779. The molecule has 5 rings (SSSR count). The molecular weight excluding hydrogens is 356 g/mol. The number of fused-ring (bicyclic) bond motifs is 5. The third kappa shape index (κ3) is 2.74. The number of pyridine rings is 1. The Labute approximate surface area is 160 Å². The fourth-order valence-corrected chi connectivity index (χ4v) is 4.57. The van der Waals surface area contributed by atoms with Gasteiger partial charge in [0.15, 0.2) is 0 Å².